The van der Waals surface area contributed by atoms with Gasteiger partial charge >= 0.3 is 0 Å². The summed E-state index contributed by atoms with van der Waals surface area (Å²) in [7, 11) is 2.01. The third-order valence-electron chi connectivity index (χ3n) is 3.10. The molecule has 0 aliphatic heterocycles. The highest BCUT2D eigenvalue weighted by Crippen LogP contribution is 2.27. The molecule has 5 heteroatoms. The van der Waals surface area contributed by atoms with Crippen LogP contribution in [0.5, 0.6) is 0 Å². The van der Waals surface area contributed by atoms with Crippen LogP contribution in [-0.4, -0.2) is 28.1 Å². The molecular formula is C10H15N5. The standard InChI is InChI=1S/C10H15N5/c1-12-8-2-4-10(5-3-8)15-7-9(6-11)13-14-15/h7-8,10,12H,2-5H2,1H3. The van der Waals surface area contributed by atoms with Crippen LogP contribution in [0.2, 0.25) is 0 Å². The maximum absolute atomic E-state index is 8.65. The summed E-state index contributed by atoms with van der Waals surface area (Å²) < 4.78 is 1.84. The predicted molar refractivity (Wildman–Crippen MR) is 55.1 cm³/mol. The Kier molecular flexibility index (Phi) is 2.97. The van der Waals surface area contributed by atoms with E-state index in [9.17, 15) is 0 Å². The molecule has 1 N–H and O–H groups in total. The molecule has 2 rings (SSSR count). The molecule has 1 fully saturated rings. The maximum Gasteiger partial charge on any atom is 0.182 e. The zero-order valence-corrected chi connectivity index (χ0v) is 8.85. The number of rotatable bonds is 2. The largest absolute Gasteiger partial charge is 0.317 e. The van der Waals surface area contributed by atoms with Crippen molar-refractivity contribution in [2.24, 2.45) is 0 Å². The maximum atomic E-state index is 8.65. The molecule has 0 aromatic carbocycles. The molecule has 15 heavy (non-hydrogen) atoms. The highest BCUT2D eigenvalue weighted by molar-refractivity contribution is 5.13. The Morgan fingerprint density at radius 1 is 1.47 bits per heavy atom. The van der Waals surface area contributed by atoms with Crippen molar-refractivity contribution in [3.8, 4) is 6.07 Å². The fraction of sp³-hybridized carbons (Fsp3) is 0.700. The monoisotopic (exact) mass is 205 g/mol. The molecule has 80 valence electrons. The molecule has 0 radical (unpaired) electrons. The third kappa shape index (κ3) is 2.16. The van der Waals surface area contributed by atoms with Crippen molar-refractivity contribution in [2.75, 3.05) is 7.05 Å². The van der Waals surface area contributed by atoms with Gasteiger partial charge in [0.2, 0.25) is 0 Å². The normalized spacial score (nSPS) is 26.1. The molecule has 1 aromatic heterocycles. The van der Waals surface area contributed by atoms with E-state index >= 15 is 0 Å². The first-order valence-electron chi connectivity index (χ1n) is 5.32. The van der Waals surface area contributed by atoms with Crippen LogP contribution in [0.25, 0.3) is 0 Å². The van der Waals surface area contributed by atoms with E-state index in [1.807, 2.05) is 17.8 Å². The van der Waals surface area contributed by atoms with Gasteiger partial charge in [-0.05, 0) is 32.7 Å². The van der Waals surface area contributed by atoms with Gasteiger partial charge in [-0.3, -0.25) is 0 Å². The van der Waals surface area contributed by atoms with Crippen LogP contribution in [0.4, 0.5) is 0 Å². The predicted octanol–water partition coefficient (Wildman–Crippen LogP) is 0.853. The van der Waals surface area contributed by atoms with E-state index in [2.05, 4.69) is 15.6 Å². The molecule has 5 nitrogen and oxygen atoms in total. The summed E-state index contributed by atoms with van der Waals surface area (Å²) in [6.45, 7) is 0. The highest BCUT2D eigenvalue weighted by Gasteiger charge is 2.22. The molecule has 0 atom stereocenters. The zero-order chi connectivity index (χ0) is 10.7. The van der Waals surface area contributed by atoms with E-state index in [-0.39, 0.29) is 0 Å². The van der Waals surface area contributed by atoms with E-state index in [1.54, 1.807) is 6.20 Å². The lowest BCUT2D eigenvalue weighted by Gasteiger charge is -2.27. The SMILES string of the molecule is CNC1CCC(n2cc(C#N)nn2)CC1. The smallest absolute Gasteiger partial charge is 0.182 e. The molecule has 1 aliphatic rings. The number of nitriles is 1. The van der Waals surface area contributed by atoms with Gasteiger partial charge in [0.15, 0.2) is 5.69 Å². The second-order valence-corrected chi connectivity index (χ2v) is 3.99. The second kappa shape index (κ2) is 4.41. The number of hydrogen-bond acceptors (Lipinski definition) is 4. The van der Waals surface area contributed by atoms with Crippen LogP contribution in [0.1, 0.15) is 37.4 Å². The highest BCUT2D eigenvalue weighted by atomic mass is 15.4. The topological polar surface area (TPSA) is 66.5 Å². The summed E-state index contributed by atoms with van der Waals surface area (Å²) in [4.78, 5) is 0. The average molecular weight is 205 g/mol. The zero-order valence-electron chi connectivity index (χ0n) is 8.85. The molecular weight excluding hydrogens is 190 g/mol. The van der Waals surface area contributed by atoms with Crippen molar-refractivity contribution in [2.45, 2.75) is 37.8 Å². The van der Waals surface area contributed by atoms with Gasteiger partial charge in [-0.25, -0.2) is 4.68 Å². The minimum absolute atomic E-state index is 0.408. The summed E-state index contributed by atoms with van der Waals surface area (Å²) in [5, 5.41) is 19.7. The summed E-state index contributed by atoms with van der Waals surface area (Å²) in [6, 6.07) is 3.06. The van der Waals surface area contributed by atoms with E-state index in [4.69, 9.17) is 5.26 Å². The van der Waals surface area contributed by atoms with Gasteiger partial charge in [-0.1, -0.05) is 5.21 Å². The van der Waals surface area contributed by atoms with E-state index < -0.39 is 0 Å². The van der Waals surface area contributed by atoms with Crippen LogP contribution in [0, 0.1) is 11.3 Å². The van der Waals surface area contributed by atoms with Gasteiger partial charge < -0.3 is 5.32 Å². The van der Waals surface area contributed by atoms with E-state index in [1.165, 1.54) is 12.8 Å². The molecule has 0 saturated heterocycles. The van der Waals surface area contributed by atoms with Gasteiger partial charge in [0.05, 0.1) is 12.2 Å². The molecule has 0 unspecified atom stereocenters. The van der Waals surface area contributed by atoms with Crippen molar-refractivity contribution in [3.05, 3.63) is 11.9 Å². The fourth-order valence-corrected chi connectivity index (χ4v) is 2.14. The van der Waals surface area contributed by atoms with Gasteiger partial charge in [0, 0.05) is 6.04 Å². The first-order chi connectivity index (χ1) is 7.33. The molecule has 1 aromatic rings. The second-order valence-electron chi connectivity index (χ2n) is 3.99. The van der Waals surface area contributed by atoms with Gasteiger partial charge in [-0.2, -0.15) is 5.26 Å². The Morgan fingerprint density at radius 2 is 2.20 bits per heavy atom. The van der Waals surface area contributed by atoms with Crippen LogP contribution in [-0.2, 0) is 0 Å². The summed E-state index contributed by atoms with van der Waals surface area (Å²) in [5.41, 5.74) is 0.408. The van der Waals surface area contributed by atoms with Crippen molar-refractivity contribution in [1.29, 1.82) is 5.26 Å². The third-order valence-corrected chi connectivity index (χ3v) is 3.10. The molecule has 1 saturated carbocycles. The van der Waals surface area contributed by atoms with Gasteiger partial charge in [-0.15, -0.1) is 5.10 Å². The minimum atomic E-state index is 0.408. The van der Waals surface area contributed by atoms with Gasteiger partial charge in [0.1, 0.15) is 6.07 Å². The minimum Gasteiger partial charge on any atom is -0.317 e. The Bertz CT molecular complexity index is 356. The Morgan fingerprint density at radius 3 is 2.73 bits per heavy atom. The van der Waals surface area contributed by atoms with Crippen molar-refractivity contribution in [3.63, 3.8) is 0 Å². The Labute approximate surface area is 89.1 Å². The summed E-state index contributed by atoms with van der Waals surface area (Å²) in [6.07, 6.45) is 6.30. The lowest BCUT2D eigenvalue weighted by atomic mass is 9.91. The average Bonchev–Trinajstić information content (AvgIpc) is 2.78. The number of aromatic nitrogens is 3. The Hall–Kier alpha value is -1.41. The van der Waals surface area contributed by atoms with Gasteiger partial charge in [0.25, 0.3) is 0 Å². The molecule has 0 bridgehead atoms. The van der Waals surface area contributed by atoms with E-state index in [0.29, 0.717) is 17.8 Å². The molecule has 1 aliphatic carbocycles. The molecule has 0 spiro atoms. The fourth-order valence-electron chi connectivity index (χ4n) is 2.14. The van der Waals surface area contributed by atoms with Crippen LogP contribution in [0.15, 0.2) is 6.20 Å². The first kappa shape index (κ1) is 10.1. The molecule has 0 amide bonds. The first-order valence-corrected chi connectivity index (χ1v) is 5.32. The molecule has 1 heterocycles. The lowest BCUT2D eigenvalue weighted by Crippen LogP contribution is -2.31. The quantitative estimate of drug-likeness (QED) is 0.777. The summed E-state index contributed by atoms with van der Waals surface area (Å²) >= 11 is 0. The summed E-state index contributed by atoms with van der Waals surface area (Å²) in [5.74, 6) is 0. The van der Waals surface area contributed by atoms with Crippen molar-refractivity contribution in [1.82, 2.24) is 20.3 Å². The number of nitrogens with zero attached hydrogens (tertiary/aromatic N) is 4. The van der Waals surface area contributed by atoms with Crippen molar-refractivity contribution < 1.29 is 0 Å². The van der Waals surface area contributed by atoms with Crippen LogP contribution < -0.4 is 5.32 Å². The van der Waals surface area contributed by atoms with Crippen LogP contribution >= 0.6 is 0 Å². The number of hydrogen-bond donors (Lipinski definition) is 1. The Balaban J connectivity index is 1.98. The van der Waals surface area contributed by atoms with E-state index in [0.717, 1.165) is 12.8 Å². The number of nitrogens with one attached hydrogen (secondary N) is 1. The van der Waals surface area contributed by atoms with Crippen molar-refractivity contribution >= 4 is 0 Å². The lowest BCUT2D eigenvalue weighted by molar-refractivity contribution is 0.281. The van der Waals surface area contributed by atoms with Crippen LogP contribution in [0.3, 0.4) is 0 Å².